The molecule has 0 aliphatic carbocycles. The number of fused-ring (bicyclic) bond motifs is 2. The molecular formula is C25H21N3O6. The predicted molar refractivity (Wildman–Crippen MR) is 121 cm³/mol. The third-order valence-electron chi connectivity index (χ3n) is 5.67. The third-order valence-corrected chi connectivity index (χ3v) is 5.67. The molecule has 0 fully saturated rings. The van der Waals surface area contributed by atoms with E-state index in [0.717, 1.165) is 21.4 Å². The molecule has 1 atom stereocenters. The van der Waals surface area contributed by atoms with Crippen LogP contribution in [-0.2, 0) is 16.0 Å². The second-order valence-corrected chi connectivity index (χ2v) is 7.85. The summed E-state index contributed by atoms with van der Waals surface area (Å²) in [5.41, 5.74) is 4.13. The Labute approximate surface area is 194 Å². The van der Waals surface area contributed by atoms with E-state index in [1.165, 1.54) is 12.1 Å². The molecule has 0 saturated heterocycles. The van der Waals surface area contributed by atoms with Gasteiger partial charge in [0, 0.05) is 41.9 Å². The summed E-state index contributed by atoms with van der Waals surface area (Å²) in [5, 5.41) is 19.1. The van der Waals surface area contributed by atoms with E-state index in [-0.39, 0.29) is 24.0 Å². The van der Waals surface area contributed by atoms with Crippen LogP contribution in [0.5, 0.6) is 0 Å². The van der Waals surface area contributed by atoms with Gasteiger partial charge in [0.05, 0.1) is 11.1 Å². The number of aromatic nitrogens is 1. The molecule has 3 amide bonds. The number of carboxylic acids is 1. The van der Waals surface area contributed by atoms with Crippen LogP contribution in [0.4, 0.5) is 0 Å². The highest BCUT2D eigenvalue weighted by Crippen LogP contribution is 2.28. The summed E-state index contributed by atoms with van der Waals surface area (Å²) >= 11 is 0. The number of nitrogens with one attached hydrogen (secondary N) is 2. The molecule has 4 rings (SSSR count). The lowest BCUT2D eigenvalue weighted by molar-refractivity contribution is -0.141. The summed E-state index contributed by atoms with van der Waals surface area (Å²) in [4.78, 5) is 52.5. The topological polar surface area (TPSA) is 140 Å². The quantitative estimate of drug-likeness (QED) is 0.141. The van der Waals surface area contributed by atoms with E-state index in [0.29, 0.717) is 18.4 Å². The van der Waals surface area contributed by atoms with Crippen LogP contribution in [0.25, 0.3) is 10.9 Å². The first-order valence-electron chi connectivity index (χ1n) is 10.6. The molecule has 0 saturated carbocycles. The number of aromatic amines is 1. The number of H-pyrrole nitrogens is 1. The van der Waals surface area contributed by atoms with Gasteiger partial charge in [-0.1, -0.05) is 30.0 Å². The number of carbonyl (C=O) groups excluding carboxylic acids is 3. The molecule has 9 nitrogen and oxygen atoms in total. The maximum atomic E-state index is 12.8. The number of benzene rings is 2. The molecule has 4 N–H and O–H groups in total. The molecule has 1 aliphatic rings. The van der Waals surface area contributed by atoms with Crippen LogP contribution in [0, 0.1) is 11.8 Å². The zero-order valence-corrected chi connectivity index (χ0v) is 18.0. The molecule has 34 heavy (non-hydrogen) atoms. The van der Waals surface area contributed by atoms with Gasteiger partial charge < -0.3 is 10.1 Å². The first-order valence-corrected chi connectivity index (χ1v) is 10.6. The summed E-state index contributed by atoms with van der Waals surface area (Å²) in [7, 11) is 0. The van der Waals surface area contributed by atoms with Crippen molar-refractivity contribution in [3.05, 3.63) is 70.9 Å². The molecule has 2 heterocycles. The van der Waals surface area contributed by atoms with E-state index in [4.69, 9.17) is 5.21 Å². The molecule has 1 aliphatic heterocycles. The van der Waals surface area contributed by atoms with E-state index in [1.807, 2.05) is 12.1 Å². The highest BCUT2D eigenvalue weighted by Gasteiger charge is 2.42. The van der Waals surface area contributed by atoms with Gasteiger partial charge in [-0.3, -0.25) is 24.5 Å². The normalized spacial score (nSPS) is 13.4. The Balaban J connectivity index is 1.51. The first kappa shape index (κ1) is 22.8. The number of unbranched alkanes of at least 4 members (excludes halogenated alkanes) is 1. The lowest BCUT2D eigenvalue weighted by Crippen LogP contribution is -2.46. The van der Waals surface area contributed by atoms with Crippen LogP contribution in [0.15, 0.2) is 48.7 Å². The second kappa shape index (κ2) is 9.60. The van der Waals surface area contributed by atoms with Crippen molar-refractivity contribution in [1.29, 1.82) is 0 Å². The number of hydrogen-bond donors (Lipinski definition) is 4. The number of amides is 3. The molecule has 9 heteroatoms. The van der Waals surface area contributed by atoms with Crippen LogP contribution >= 0.6 is 0 Å². The Morgan fingerprint density at radius 3 is 2.44 bits per heavy atom. The summed E-state index contributed by atoms with van der Waals surface area (Å²) in [6, 6.07) is 10.4. The van der Waals surface area contributed by atoms with E-state index < -0.39 is 29.7 Å². The van der Waals surface area contributed by atoms with Crippen LogP contribution < -0.4 is 5.48 Å². The fraction of sp³-hybridized carbons (Fsp3) is 0.200. The summed E-state index contributed by atoms with van der Waals surface area (Å²) < 4.78 is 0. The number of imide groups is 1. The van der Waals surface area contributed by atoms with E-state index in [9.17, 15) is 24.3 Å². The molecule has 2 aromatic carbocycles. The first-order chi connectivity index (χ1) is 16.4. The van der Waals surface area contributed by atoms with Crippen molar-refractivity contribution in [3.63, 3.8) is 0 Å². The lowest BCUT2D eigenvalue weighted by Gasteiger charge is -2.22. The SMILES string of the molecule is O=C(CCCC#Cc1ccc2c(C[C@@H](C(=O)O)N3C(=O)c4ccccc4C3=O)c[nH]c2c1)NO. The van der Waals surface area contributed by atoms with Crippen molar-refractivity contribution in [3.8, 4) is 11.8 Å². The standard InChI is InChI=1S/C25H21N3O6/c29-22(27-34)9-3-1-2-6-15-10-11-17-16(14-26-20(17)12-15)13-21(25(32)33)28-23(30)18-7-4-5-8-19(18)24(28)31/h4-5,7-8,10-12,14,21,26,34H,1,3,9,13H2,(H,27,29)(H,32,33)/t21-/m0/s1. The van der Waals surface area contributed by atoms with Gasteiger partial charge in [0.2, 0.25) is 5.91 Å². The minimum atomic E-state index is -1.35. The lowest BCUT2D eigenvalue weighted by atomic mass is 10.0. The number of rotatable bonds is 7. The minimum absolute atomic E-state index is 0.0429. The van der Waals surface area contributed by atoms with Gasteiger partial charge in [0.25, 0.3) is 11.8 Å². The van der Waals surface area contributed by atoms with Crippen LogP contribution in [0.2, 0.25) is 0 Å². The molecule has 0 bridgehead atoms. The van der Waals surface area contributed by atoms with Crippen LogP contribution in [-0.4, -0.2) is 49.9 Å². The summed E-state index contributed by atoms with van der Waals surface area (Å²) in [6.07, 6.45) is 2.81. The van der Waals surface area contributed by atoms with Gasteiger partial charge >= 0.3 is 5.97 Å². The van der Waals surface area contributed by atoms with Crippen molar-refractivity contribution in [2.24, 2.45) is 0 Å². The van der Waals surface area contributed by atoms with Crippen molar-refractivity contribution >= 4 is 34.6 Å². The Morgan fingerprint density at radius 2 is 1.79 bits per heavy atom. The predicted octanol–water partition coefficient (Wildman–Crippen LogP) is 2.49. The number of nitrogens with zero attached hydrogens (tertiary/aromatic N) is 1. The molecule has 3 aromatic rings. The maximum Gasteiger partial charge on any atom is 0.327 e. The number of carbonyl (C=O) groups is 4. The van der Waals surface area contributed by atoms with Gasteiger partial charge in [-0.2, -0.15) is 0 Å². The highest BCUT2D eigenvalue weighted by molar-refractivity contribution is 6.22. The van der Waals surface area contributed by atoms with Crippen molar-refractivity contribution < 1.29 is 29.5 Å². The van der Waals surface area contributed by atoms with Gasteiger partial charge in [-0.05, 0) is 36.2 Å². The molecule has 172 valence electrons. The van der Waals surface area contributed by atoms with Crippen molar-refractivity contribution in [1.82, 2.24) is 15.4 Å². The average Bonchev–Trinajstić information content (AvgIpc) is 3.35. The Morgan fingerprint density at radius 1 is 1.09 bits per heavy atom. The third kappa shape index (κ3) is 4.40. The Hall–Kier alpha value is -4.42. The van der Waals surface area contributed by atoms with Crippen molar-refractivity contribution in [2.75, 3.05) is 0 Å². The van der Waals surface area contributed by atoms with E-state index in [2.05, 4.69) is 16.8 Å². The smallest absolute Gasteiger partial charge is 0.327 e. The number of aliphatic carboxylic acids is 1. The Kier molecular flexibility index (Phi) is 6.43. The van der Waals surface area contributed by atoms with Gasteiger partial charge in [-0.25, -0.2) is 10.3 Å². The fourth-order valence-corrected chi connectivity index (χ4v) is 3.98. The zero-order chi connectivity index (χ0) is 24.2. The second-order valence-electron chi connectivity index (χ2n) is 7.85. The molecule has 0 unspecified atom stereocenters. The zero-order valence-electron chi connectivity index (χ0n) is 18.0. The Bertz CT molecular complexity index is 1330. The molecule has 1 aromatic heterocycles. The van der Waals surface area contributed by atoms with Crippen LogP contribution in [0.1, 0.15) is 51.1 Å². The summed E-state index contributed by atoms with van der Waals surface area (Å²) in [5.74, 6) is 3.04. The fourth-order valence-electron chi connectivity index (χ4n) is 3.98. The number of carboxylic acid groups (broad SMARTS) is 1. The summed E-state index contributed by atoms with van der Waals surface area (Å²) in [6.45, 7) is 0. The van der Waals surface area contributed by atoms with E-state index in [1.54, 1.807) is 29.9 Å². The van der Waals surface area contributed by atoms with Crippen LogP contribution in [0.3, 0.4) is 0 Å². The van der Waals surface area contributed by atoms with Gasteiger partial charge in [0.1, 0.15) is 6.04 Å². The average molecular weight is 459 g/mol. The van der Waals surface area contributed by atoms with Gasteiger partial charge in [-0.15, -0.1) is 0 Å². The largest absolute Gasteiger partial charge is 0.480 e. The molecule has 0 radical (unpaired) electrons. The minimum Gasteiger partial charge on any atom is -0.480 e. The number of hydrogen-bond acceptors (Lipinski definition) is 5. The van der Waals surface area contributed by atoms with Crippen molar-refractivity contribution in [2.45, 2.75) is 31.7 Å². The van der Waals surface area contributed by atoms with E-state index >= 15 is 0 Å². The number of hydroxylamine groups is 1. The monoisotopic (exact) mass is 459 g/mol. The van der Waals surface area contributed by atoms with Gasteiger partial charge in [0.15, 0.2) is 0 Å². The maximum absolute atomic E-state index is 12.8. The highest BCUT2D eigenvalue weighted by atomic mass is 16.5. The molecule has 0 spiro atoms. The molecular weight excluding hydrogens is 438 g/mol.